The zero-order valence-electron chi connectivity index (χ0n) is 35.8. The van der Waals surface area contributed by atoms with Gasteiger partial charge >= 0.3 is 12.1 Å². The Labute approximate surface area is 368 Å². The summed E-state index contributed by atoms with van der Waals surface area (Å²) in [6.45, 7) is 6.08. The van der Waals surface area contributed by atoms with Gasteiger partial charge in [-0.05, 0) is 66.3 Å². The maximum atomic E-state index is 15.4. The first kappa shape index (κ1) is 43.8. The molecule has 0 unspecified atom stereocenters. The lowest BCUT2D eigenvalue weighted by molar-refractivity contribution is -0.157. The van der Waals surface area contributed by atoms with E-state index in [9.17, 15) is 9.59 Å². The number of hydrogen-bond acceptors (Lipinski definition) is 8. The number of ether oxygens (including phenoxy) is 3. The van der Waals surface area contributed by atoms with Crippen molar-refractivity contribution < 1.29 is 28.6 Å². The molecule has 0 saturated carbocycles. The van der Waals surface area contributed by atoms with Crippen molar-refractivity contribution in [2.45, 2.75) is 64.1 Å². The molecule has 1 aromatic heterocycles. The number of aromatic nitrogens is 2. The van der Waals surface area contributed by atoms with Gasteiger partial charge in [-0.1, -0.05) is 158 Å². The van der Waals surface area contributed by atoms with E-state index in [1.165, 1.54) is 6.33 Å². The minimum atomic E-state index is -1.28. The summed E-state index contributed by atoms with van der Waals surface area (Å²) in [5, 5.41) is 2.88. The number of alkyl carbamates (subject to hydrolysis) is 1. The van der Waals surface area contributed by atoms with E-state index in [2.05, 4.69) is 20.2 Å². The van der Waals surface area contributed by atoms with Gasteiger partial charge in [0.2, 0.25) is 0 Å². The molecule has 0 bridgehead atoms. The third kappa shape index (κ3) is 11.3. The lowest BCUT2D eigenvalue weighted by Gasteiger charge is -2.46. The van der Waals surface area contributed by atoms with Crippen molar-refractivity contribution >= 4 is 17.8 Å². The normalized spacial score (nSPS) is 12.0. The van der Waals surface area contributed by atoms with Crippen molar-refractivity contribution in [2.24, 2.45) is 0 Å². The van der Waals surface area contributed by atoms with Crippen molar-refractivity contribution in [2.75, 3.05) is 6.54 Å². The number of nitrogens with one attached hydrogen (secondary N) is 2. The predicted molar refractivity (Wildman–Crippen MR) is 243 cm³/mol. The minimum absolute atomic E-state index is 0.0269. The first-order valence-corrected chi connectivity index (χ1v) is 21.0. The quantitative estimate of drug-likeness (QED) is 0.0498. The molecule has 7 rings (SSSR count). The van der Waals surface area contributed by atoms with Gasteiger partial charge in [0, 0.05) is 30.4 Å². The third-order valence-electron chi connectivity index (χ3n) is 10.5. The van der Waals surface area contributed by atoms with E-state index in [0.717, 1.165) is 27.8 Å². The van der Waals surface area contributed by atoms with Crippen molar-refractivity contribution in [1.82, 2.24) is 20.2 Å². The van der Waals surface area contributed by atoms with Gasteiger partial charge in [-0.2, -0.15) is 0 Å². The average Bonchev–Trinajstić information content (AvgIpc) is 3.82. The van der Waals surface area contributed by atoms with Crippen molar-refractivity contribution in [1.29, 1.82) is 0 Å². The molecule has 1 atom stereocenters. The number of ketones is 1. The second-order valence-corrected chi connectivity index (χ2v) is 16.3. The van der Waals surface area contributed by atoms with E-state index >= 15 is 4.79 Å². The van der Waals surface area contributed by atoms with Crippen LogP contribution in [0.4, 0.5) is 4.79 Å². The fraction of sp³-hybridized carbons (Fsp3) is 0.208. The second-order valence-electron chi connectivity index (χ2n) is 16.3. The minimum Gasteiger partial charge on any atom is -0.489 e. The molecule has 1 heterocycles. The molecule has 63 heavy (non-hydrogen) atoms. The molecule has 6 aromatic carbocycles. The fourth-order valence-corrected chi connectivity index (χ4v) is 7.78. The van der Waals surface area contributed by atoms with Gasteiger partial charge in [-0.25, -0.2) is 9.78 Å². The monoisotopic (exact) mass is 840 g/mol. The Morgan fingerprint density at radius 1 is 0.667 bits per heavy atom. The molecule has 10 heteroatoms. The number of carbonyl (C=O) groups excluding carboxylic acids is 3. The zero-order valence-corrected chi connectivity index (χ0v) is 35.8. The smallest absolute Gasteiger partial charge is 0.408 e. The number of hydrogen-bond donors (Lipinski definition) is 2. The summed E-state index contributed by atoms with van der Waals surface area (Å²) in [5.74, 6) is -0.0942. The number of amides is 1. The predicted octanol–water partition coefficient (Wildman–Crippen LogP) is 9.84. The number of nitrogens with zero attached hydrogens (tertiary/aromatic N) is 2. The molecular formula is C53H52N4O6. The van der Waals surface area contributed by atoms with Crippen LogP contribution in [0.15, 0.2) is 182 Å². The Hall–Kier alpha value is -7.30. The van der Waals surface area contributed by atoms with Crippen molar-refractivity contribution in [3.63, 3.8) is 0 Å². The Balaban J connectivity index is 1.35. The molecule has 2 N–H and O–H groups in total. The maximum absolute atomic E-state index is 15.4. The summed E-state index contributed by atoms with van der Waals surface area (Å²) >= 11 is 0. The Bertz CT molecular complexity index is 2490. The number of aromatic amines is 1. The van der Waals surface area contributed by atoms with Gasteiger partial charge in [0.25, 0.3) is 0 Å². The number of esters is 1. The van der Waals surface area contributed by atoms with Crippen LogP contribution in [0.1, 0.15) is 70.2 Å². The summed E-state index contributed by atoms with van der Waals surface area (Å²) in [5.41, 5.74) is 3.93. The third-order valence-corrected chi connectivity index (χ3v) is 10.5. The van der Waals surface area contributed by atoms with Crippen LogP contribution in [-0.2, 0) is 46.0 Å². The molecule has 1 amide bonds. The Morgan fingerprint density at radius 2 is 1.22 bits per heavy atom. The molecule has 0 aliphatic rings. The summed E-state index contributed by atoms with van der Waals surface area (Å²) < 4.78 is 17.8. The van der Waals surface area contributed by atoms with E-state index in [1.807, 2.05) is 185 Å². The zero-order chi connectivity index (χ0) is 44.1. The van der Waals surface area contributed by atoms with Crippen LogP contribution >= 0.6 is 0 Å². The molecule has 0 saturated heterocycles. The van der Waals surface area contributed by atoms with E-state index in [-0.39, 0.29) is 31.9 Å². The lowest BCUT2D eigenvalue weighted by atomic mass is 9.72. The first-order valence-electron chi connectivity index (χ1n) is 21.0. The fourth-order valence-electron chi connectivity index (χ4n) is 7.78. The highest BCUT2D eigenvalue weighted by Gasteiger charge is 2.46. The van der Waals surface area contributed by atoms with E-state index in [1.54, 1.807) is 12.3 Å². The number of carbonyl (C=O) groups is 3. The SMILES string of the molecule is CC(C)(C)OC(=O)CN(Cc1ccc(OCc2ccccc2)cc1)C(c1ccccc1)(c1ccccc1)c1ccccc1C(=O)[C@H](Cc1cnc[nH]1)NC(=O)OCc1ccccc1. The molecule has 0 radical (unpaired) electrons. The summed E-state index contributed by atoms with van der Waals surface area (Å²) in [7, 11) is 0. The highest BCUT2D eigenvalue weighted by Crippen LogP contribution is 2.45. The number of benzene rings is 6. The highest BCUT2D eigenvalue weighted by atomic mass is 16.6. The largest absolute Gasteiger partial charge is 0.489 e. The van der Waals surface area contributed by atoms with Gasteiger partial charge in [0.05, 0.1) is 18.4 Å². The van der Waals surface area contributed by atoms with Crippen LogP contribution in [-0.4, -0.2) is 50.9 Å². The maximum Gasteiger partial charge on any atom is 0.408 e. The molecule has 0 aliphatic heterocycles. The first-order chi connectivity index (χ1) is 30.6. The molecule has 7 aromatic rings. The summed E-state index contributed by atoms with van der Waals surface area (Å²) in [4.78, 5) is 52.5. The van der Waals surface area contributed by atoms with E-state index in [4.69, 9.17) is 14.2 Å². The summed E-state index contributed by atoms with van der Waals surface area (Å²) in [6, 6.07) is 53.2. The van der Waals surface area contributed by atoms with Gasteiger partial charge in [-0.3, -0.25) is 14.5 Å². The van der Waals surface area contributed by atoms with Gasteiger partial charge in [-0.15, -0.1) is 0 Å². The number of Topliss-reactive ketones (excluding diaryl/α,β-unsaturated/α-hetero) is 1. The molecule has 10 nitrogen and oxygen atoms in total. The number of imidazole rings is 1. The van der Waals surface area contributed by atoms with Gasteiger partial charge < -0.3 is 24.5 Å². The molecule has 0 spiro atoms. The Kier molecular flexibility index (Phi) is 14.3. The highest BCUT2D eigenvalue weighted by molar-refractivity contribution is 6.03. The van der Waals surface area contributed by atoms with Crippen LogP contribution in [0.25, 0.3) is 0 Å². The van der Waals surface area contributed by atoms with Crippen molar-refractivity contribution in [3.8, 4) is 5.75 Å². The lowest BCUT2D eigenvalue weighted by Crippen LogP contribution is -2.52. The van der Waals surface area contributed by atoms with Crippen LogP contribution in [0.2, 0.25) is 0 Å². The van der Waals surface area contributed by atoms with E-state index in [0.29, 0.717) is 29.2 Å². The topological polar surface area (TPSA) is 123 Å². The number of rotatable bonds is 18. The molecule has 320 valence electrons. The second kappa shape index (κ2) is 20.5. The van der Waals surface area contributed by atoms with E-state index < -0.39 is 29.2 Å². The standard InChI is InChI=1S/C53H52N4O6/c1-52(2,3)63-49(58)35-57(34-39-28-30-45(31-29-39)61-36-40-18-8-4-9-19-40)53(42-22-12-6-13-23-42,43-24-14-7-15-25-43)47-27-17-16-26-46(47)50(59)48(32-44-33-54-38-55-44)56-51(60)62-37-41-20-10-5-11-21-41/h4-31,33,38,48H,32,34-37H2,1-3H3,(H,54,55)(H,56,60)/t48-/m0/s1. The molecule has 0 fully saturated rings. The van der Waals surface area contributed by atoms with Gasteiger partial charge in [0.1, 0.15) is 30.6 Å². The molecule has 0 aliphatic carbocycles. The van der Waals surface area contributed by atoms with Crippen LogP contribution < -0.4 is 10.1 Å². The number of H-pyrrole nitrogens is 1. The van der Waals surface area contributed by atoms with Crippen LogP contribution in [0, 0.1) is 0 Å². The molecular weight excluding hydrogens is 789 g/mol. The summed E-state index contributed by atoms with van der Waals surface area (Å²) in [6.07, 6.45) is 2.53. The van der Waals surface area contributed by atoms with Crippen LogP contribution in [0.5, 0.6) is 5.75 Å². The Morgan fingerprint density at radius 3 is 1.79 bits per heavy atom. The van der Waals surface area contributed by atoms with Crippen molar-refractivity contribution in [3.05, 3.63) is 227 Å². The van der Waals surface area contributed by atoms with Crippen LogP contribution in [0.3, 0.4) is 0 Å². The van der Waals surface area contributed by atoms with Gasteiger partial charge in [0.15, 0.2) is 5.78 Å². The average molecular weight is 841 g/mol.